The lowest BCUT2D eigenvalue weighted by Gasteiger charge is -2.12. The van der Waals surface area contributed by atoms with Crippen LogP contribution in [0.15, 0.2) is 22.8 Å². The molecule has 2 aromatic rings. The first-order chi connectivity index (χ1) is 10.4. The number of amides is 1. The lowest BCUT2D eigenvalue weighted by atomic mass is 10.1. The molecule has 1 aromatic carbocycles. The number of methoxy groups -OCH3 is 1. The van der Waals surface area contributed by atoms with Crippen LogP contribution < -0.4 is 5.32 Å². The second-order valence-electron chi connectivity index (χ2n) is 5.26. The Kier molecular flexibility index (Phi) is 5.37. The van der Waals surface area contributed by atoms with Gasteiger partial charge in [-0.1, -0.05) is 15.9 Å². The van der Waals surface area contributed by atoms with Gasteiger partial charge in [0.2, 0.25) is 0 Å². The van der Waals surface area contributed by atoms with Gasteiger partial charge in [0.1, 0.15) is 5.69 Å². The Morgan fingerprint density at radius 2 is 2.09 bits per heavy atom. The Morgan fingerprint density at radius 3 is 2.77 bits per heavy atom. The number of halogens is 1. The molecule has 0 bridgehead atoms. The van der Waals surface area contributed by atoms with Crippen molar-refractivity contribution in [2.24, 2.45) is 7.05 Å². The van der Waals surface area contributed by atoms with Gasteiger partial charge in [-0.15, -0.1) is 0 Å². The predicted molar refractivity (Wildman–Crippen MR) is 90.4 cm³/mol. The van der Waals surface area contributed by atoms with E-state index in [1.54, 1.807) is 25.0 Å². The average Bonchev–Trinajstić information content (AvgIpc) is 2.83. The Hall–Kier alpha value is -1.66. The van der Waals surface area contributed by atoms with Gasteiger partial charge in [0.25, 0.3) is 5.91 Å². The quantitative estimate of drug-likeness (QED) is 0.884. The Morgan fingerprint density at radius 1 is 1.36 bits per heavy atom. The summed E-state index contributed by atoms with van der Waals surface area (Å²) in [5.41, 5.74) is 4.34. The van der Waals surface area contributed by atoms with Crippen molar-refractivity contribution in [2.75, 3.05) is 19.0 Å². The van der Waals surface area contributed by atoms with Gasteiger partial charge in [0.05, 0.1) is 12.8 Å². The highest BCUT2D eigenvalue weighted by Gasteiger charge is 2.17. The van der Waals surface area contributed by atoms with Crippen molar-refractivity contribution < 1.29 is 9.53 Å². The van der Waals surface area contributed by atoms with E-state index in [1.165, 1.54) is 0 Å². The van der Waals surface area contributed by atoms with Crippen LogP contribution in [-0.2, 0) is 18.2 Å². The summed E-state index contributed by atoms with van der Waals surface area (Å²) >= 11 is 3.50. The minimum absolute atomic E-state index is 0.157. The third kappa shape index (κ3) is 3.56. The van der Waals surface area contributed by atoms with Gasteiger partial charge >= 0.3 is 0 Å². The van der Waals surface area contributed by atoms with Gasteiger partial charge in [0, 0.05) is 29.9 Å². The third-order valence-electron chi connectivity index (χ3n) is 3.56. The molecular formula is C16H20BrN3O2. The van der Waals surface area contributed by atoms with Gasteiger partial charge in [-0.3, -0.25) is 9.48 Å². The number of carbonyl (C=O) groups is 1. The molecule has 6 heteroatoms. The molecule has 1 aromatic heterocycles. The monoisotopic (exact) mass is 365 g/mol. The number of hydrogen-bond donors (Lipinski definition) is 1. The standard InChI is InChI=1S/C16H20BrN3O2/c1-10-8-14(11(2)7-13(10)17)19-16(21)15-12(5-6-22-4)9-18-20(15)3/h7-9H,5-6H2,1-4H3,(H,19,21). The molecule has 0 spiro atoms. The number of aryl methyl sites for hydroxylation is 3. The smallest absolute Gasteiger partial charge is 0.274 e. The maximum Gasteiger partial charge on any atom is 0.274 e. The third-order valence-corrected chi connectivity index (χ3v) is 4.41. The number of carbonyl (C=O) groups excluding carboxylic acids is 1. The van der Waals surface area contributed by atoms with E-state index in [9.17, 15) is 4.79 Å². The molecule has 0 aliphatic rings. The van der Waals surface area contributed by atoms with Crippen molar-refractivity contribution in [3.8, 4) is 0 Å². The van der Waals surface area contributed by atoms with Crippen LogP contribution in [0.4, 0.5) is 5.69 Å². The summed E-state index contributed by atoms with van der Waals surface area (Å²) in [6.07, 6.45) is 2.37. The zero-order chi connectivity index (χ0) is 16.3. The van der Waals surface area contributed by atoms with Crippen LogP contribution in [-0.4, -0.2) is 29.4 Å². The van der Waals surface area contributed by atoms with E-state index in [4.69, 9.17) is 4.74 Å². The van der Waals surface area contributed by atoms with Crippen molar-refractivity contribution in [2.45, 2.75) is 20.3 Å². The molecule has 0 aliphatic heterocycles. The minimum atomic E-state index is -0.157. The molecule has 0 saturated heterocycles. The van der Waals surface area contributed by atoms with Crippen LogP contribution >= 0.6 is 15.9 Å². The lowest BCUT2D eigenvalue weighted by Crippen LogP contribution is -2.19. The molecule has 0 unspecified atom stereocenters. The van der Waals surface area contributed by atoms with Crippen molar-refractivity contribution in [1.29, 1.82) is 0 Å². The SMILES string of the molecule is COCCc1cnn(C)c1C(=O)Nc1cc(C)c(Br)cc1C. The molecule has 1 N–H and O–H groups in total. The fourth-order valence-corrected chi connectivity index (χ4v) is 2.73. The van der Waals surface area contributed by atoms with Crippen LogP contribution in [0.1, 0.15) is 27.2 Å². The Balaban J connectivity index is 2.26. The fraction of sp³-hybridized carbons (Fsp3) is 0.375. The van der Waals surface area contributed by atoms with E-state index >= 15 is 0 Å². The minimum Gasteiger partial charge on any atom is -0.384 e. The van der Waals surface area contributed by atoms with Crippen LogP contribution in [0.3, 0.4) is 0 Å². The molecular weight excluding hydrogens is 346 g/mol. The first-order valence-corrected chi connectivity index (χ1v) is 7.81. The first-order valence-electron chi connectivity index (χ1n) is 7.02. The van der Waals surface area contributed by atoms with Gasteiger partial charge in [-0.25, -0.2) is 0 Å². The maximum absolute atomic E-state index is 12.6. The van der Waals surface area contributed by atoms with Gasteiger partial charge < -0.3 is 10.1 Å². The van der Waals surface area contributed by atoms with Crippen LogP contribution in [0.5, 0.6) is 0 Å². The second-order valence-corrected chi connectivity index (χ2v) is 6.11. The molecule has 1 heterocycles. The summed E-state index contributed by atoms with van der Waals surface area (Å²) in [5.74, 6) is -0.157. The van der Waals surface area contributed by atoms with Gasteiger partial charge in [0.15, 0.2) is 0 Å². The molecule has 1 amide bonds. The number of rotatable bonds is 5. The van der Waals surface area contributed by atoms with E-state index < -0.39 is 0 Å². The zero-order valence-corrected chi connectivity index (χ0v) is 14.8. The molecule has 0 atom stereocenters. The zero-order valence-electron chi connectivity index (χ0n) is 13.2. The van der Waals surface area contributed by atoms with Crippen molar-refractivity contribution in [3.05, 3.63) is 45.2 Å². The first kappa shape index (κ1) is 16.7. The van der Waals surface area contributed by atoms with E-state index in [2.05, 4.69) is 26.3 Å². The van der Waals surface area contributed by atoms with Crippen molar-refractivity contribution in [1.82, 2.24) is 9.78 Å². The van der Waals surface area contributed by atoms with Crippen molar-refractivity contribution in [3.63, 3.8) is 0 Å². The Bertz CT molecular complexity index is 695. The largest absolute Gasteiger partial charge is 0.384 e. The summed E-state index contributed by atoms with van der Waals surface area (Å²) in [6.45, 7) is 4.52. The number of anilines is 1. The Labute approximate surface area is 138 Å². The van der Waals surface area contributed by atoms with E-state index in [-0.39, 0.29) is 5.91 Å². The highest BCUT2D eigenvalue weighted by atomic mass is 79.9. The van der Waals surface area contributed by atoms with Crippen LogP contribution in [0, 0.1) is 13.8 Å². The molecule has 2 rings (SSSR count). The number of ether oxygens (including phenoxy) is 1. The van der Waals surface area contributed by atoms with Crippen molar-refractivity contribution >= 4 is 27.5 Å². The highest BCUT2D eigenvalue weighted by molar-refractivity contribution is 9.10. The number of nitrogens with zero attached hydrogens (tertiary/aromatic N) is 2. The lowest BCUT2D eigenvalue weighted by molar-refractivity contribution is 0.101. The maximum atomic E-state index is 12.6. The van der Waals surface area contributed by atoms with E-state index in [0.717, 1.165) is 26.9 Å². The molecule has 22 heavy (non-hydrogen) atoms. The summed E-state index contributed by atoms with van der Waals surface area (Å²) in [4.78, 5) is 12.6. The normalized spacial score (nSPS) is 10.8. The highest BCUT2D eigenvalue weighted by Crippen LogP contribution is 2.25. The van der Waals surface area contributed by atoms with Gasteiger partial charge in [-0.2, -0.15) is 5.10 Å². The fourth-order valence-electron chi connectivity index (χ4n) is 2.27. The molecule has 5 nitrogen and oxygen atoms in total. The second kappa shape index (κ2) is 7.07. The molecule has 0 aliphatic carbocycles. The molecule has 118 valence electrons. The number of aromatic nitrogens is 2. The topological polar surface area (TPSA) is 56.2 Å². The van der Waals surface area contributed by atoms with E-state index in [0.29, 0.717) is 18.7 Å². The molecule has 0 fully saturated rings. The molecule has 0 radical (unpaired) electrons. The van der Waals surface area contributed by atoms with E-state index in [1.807, 2.05) is 26.0 Å². The summed E-state index contributed by atoms with van der Waals surface area (Å²) in [6, 6.07) is 3.96. The summed E-state index contributed by atoms with van der Waals surface area (Å²) in [5, 5.41) is 7.16. The van der Waals surface area contributed by atoms with Crippen LogP contribution in [0.2, 0.25) is 0 Å². The summed E-state index contributed by atoms with van der Waals surface area (Å²) in [7, 11) is 3.41. The number of hydrogen-bond acceptors (Lipinski definition) is 3. The predicted octanol–water partition coefficient (Wildman–Crippen LogP) is 3.24. The summed E-state index contributed by atoms with van der Waals surface area (Å²) < 4.78 is 7.71. The van der Waals surface area contributed by atoms with Gasteiger partial charge in [-0.05, 0) is 43.5 Å². The number of benzene rings is 1. The van der Waals surface area contributed by atoms with Crippen LogP contribution in [0.25, 0.3) is 0 Å². The molecule has 0 saturated carbocycles. The average molecular weight is 366 g/mol. The number of nitrogens with one attached hydrogen (secondary N) is 1.